The van der Waals surface area contributed by atoms with E-state index in [0.29, 0.717) is 0 Å². The minimum Gasteiger partial charge on any atom is -0.321 e. The largest absolute Gasteiger partial charge is 0.321 e. The van der Waals surface area contributed by atoms with Gasteiger partial charge in [0.15, 0.2) is 11.6 Å². The first-order valence-electron chi connectivity index (χ1n) is 11.5. The van der Waals surface area contributed by atoms with Gasteiger partial charge in [0.2, 0.25) is 0 Å². The summed E-state index contributed by atoms with van der Waals surface area (Å²) in [4.78, 5) is 53.7. The molecule has 1 aliphatic rings. The minimum atomic E-state index is -0.752. The van der Waals surface area contributed by atoms with Crippen molar-refractivity contribution in [1.29, 1.82) is 0 Å². The van der Waals surface area contributed by atoms with Crippen LogP contribution in [-0.2, 0) is 0 Å². The zero-order valence-electron chi connectivity index (χ0n) is 20.3. The Bertz CT molecular complexity index is 1770. The van der Waals surface area contributed by atoms with Crippen LogP contribution in [0.1, 0.15) is 52.6 Å². The summed E-state index contributed by atoms with van der Waals surface area (Å²) in [7, 11) is 0. The fourth-order valence-electron chi connectivity index (χ4n) is 4.31. The van der Waals surface area contributed by atoms with Crippen LogP contribution in [0.15, 0.2) is 48.5 Å². The van der Waals surface area contributed by atoms with Gasteiger partial charge in [-0.1, -0.05) is 117 Å². The third kappa shape index (κ3) is 5.25. The summed E-state index contributed by atoms with van der Waals surface area (Å²) in [6, 6.07) is 11.2. The molecule has 0 fully saturated rings. The number of amides is 2. The Morgan fingerprint density at radius 3 is 1.21 bits per heavy atom. The number of ketones is 2. The number of hydrogen-bond acceptors (Lipinski definition) is 4. The van der Waals surface area contributed by atoms with Crippen molar-refractivity contribution >= 4 is 128 Å². The highest BCUT2D eigenvalue weighted by atomic mass is 35.5. The van der Waals surface area contributed by atoms with Crippen LogP contribution in [0, 0.1) is 0 Å². The zero-order chi connectivity index (χ0) is 30.6. The Kier molecular flexibility index (Phi) is 8.74. The first-order chi connectivity index (χ1) is 19.8. The molecule has 42 heavy (non-hydrogen) atoms. The molecule has 4 aromatic carbocycles. The molecular weight excluding hydrogens is 712 g/mol. The lowest BCUT2D eigenvalue weighted by Gasteiger charge is -2.23. The quantitative estimate of drug-likeness (QED) is 0.143. The molecule has 6 nitrogen and oxygen atoms in total. The highest BCUT2D eigenvalue weighted by Gasteiger charge is 2.35. The van der Waals surface area contributed by atoms with Crippen molar-refractivity contribution in [2.24, 2.45) is 0 Å². The number of carbonyl (C=O) groups excluding carboxylic acids is 4. The van der Waals surface area contributed by atoms with E-state index in [-0.39, 0.29) is 84.9 Å². The second-order valence-corrected chi connectivity index (χ2v) is 11.8. The maximum absolute atomic E-state index is 13.7. The number of carbonyl (C=O) groups is 4. The van der Waals surface area contributed by atoms with Gasteiger partial charge in [-0.3, -0.25) is 19.2 Å². The molecule has 0 radical (unpaired) electrons. The standard InChI is InChI=1S/C28H10Cl8N2O4/c29-13-7-11(19(31)23(35)21(13)33)27(41)37-15-5-1-3-9-17(15)26(40)10-4-2-6-16(18(10)25(9)39)38-28(42)12-8-14(30)22(34)24(36)20(12)32/h1-8H,(H,37,41)(H,38,42). The summed E-state index contributed by atoms with van der Waals surface area (Å²) in [6.45, 7) is 0. The van der Waals surface area contributed by atoms with Gasteiger partial charge in [0.05, 0.1) is 73.8 Å². The van der Waals surface area contributed by atoms with Gasteiger partial charge in [0, 0.05) is 11.1 Å². The molecule has 0 aromatic heterocycles. The van der Waals surface area contributed by atoms with Gasteiger partial charge in [-0.15, -0.1) is 0 Å². The molecule has 212 valence electrons. The Balaban J connectivity index is 1.52. The van der Waals surface area contributed by atoms with E-state index in [1.54, 1.807) is 0 Å². The van der Waals surface area contributed by atoms with Crippen LogP contribution in [0.5, 0.6) is 0 Å². The van der Waals surface area contributed by atoms with E-state index >= 15 is 0 Å². The number of nitrogens with one attached hydrogen (secondary N) is 2. The average molecular weight is 722 g/mol. The molecule has 5 rings (SSSR count). The summed E-state index contributed by atoms with van der Waals surface area (Å²) in [6.07, 6.45) is 0. The maximum Gasteiger partial charge on any atom is 0.257 e. The lowest BCUT2D eigenvalue weighted by molar-refractivity contribution is 0.0977. The second-order valence-electron chi connectivity index (χ2n) is 8.72. The second kappa shape index (κ2) is 11.9. The molecule has 14 heteroatoms. The lowest BCUT2D eigenvalue weighted by Crippen LogP contribution is -2.26. The molecule has 1 aliphatic carbocycles. The molecule has 0 saturated heterocycles. The monoisotopic (exact) mass is 718 g/mol. The fourth-order valence-corrected chi connectivity index (χ4v) is 6.08. The fraction of sp³-hybridized carbons (Fsp3) is 0. The highest BCUT2D eigenvalue weighted by Crippen LogP contribution is 2.41. The number of hydrogen-bond donors (Lipinski definition) is 2. The van der Waals surface area contributed by atoms with Gasteiger partial charge in [0.25, 0.3) is 11.8 Å². The van der Waals surface area contributed by atoms with Gasteiger partial charge in [-0.25, -0.2) is 0 Å². The van der Waals surface area contributed by atoms with E-state index in [4.69, 9.17) is 92.8 Å². The number of benzene rings is 4. The normalized spacial score (nSPS) is 12.1. The smallest absolute Gasteiger partial charge is 0.257 e. The van der Waals surface area contributed by atoms with E-state index in [1.165, 1.54) is 48.5 Å². The van der Waals surface area contributed by atoms with Crippen LogP contribution >= 0.6 is 92.8 Å². The molecule has 2 amide bonds. The molecule has 0 saturated carbocycles. The van der Waals surface area contributed by atoms with Crippen LogP contribution in [0.3, 0.4) is 0 Å². The average Bonchev–Trinajstić information content (AvgIpc) is 2.97. The van der Waals surface area contributed by atoms with Crippen LogP contribution in [-0.4, -0.2) is 23.4 Å². The Hall–Kier alpha value is -2.52. The predicted octanol–water partition coefficient (Wildman–Crippen LogP) is 10.2. The van der Waals surface area contributed by atoms with E-state index in [9.17, 15) is 19.2 Å². The SMILES string of the molecule is O=C(Nc1cccc2c1C(=O)c1cccc(NC(=O)c3cc(Cl)c(Cl)c(Cl)c3Cl)c1C2=O)c1cc(Cl)c(Cl)c(Cl)c1Cl. The van der Waals surface area contributed by atoms with Gasteiger partial charge in [0.1, 0.15) is 0 Å². The third-order valence-electron chi connectivity index (χ3n) is 6.26. The summed E-state index contributed by atoms with van der Waals surface area (Å²) in [5.74, 6) is -2.67. The van der Waals surface area contributed by atoms with Gasteiger partial charge in [-0.2, -0.15) is 0 Å². The first kappa shape index (κ1) is 30.9. The topological polar surface area (TPSA) is 92.3 Å². The van der Waals surface area contributed by atoms with Crippen LogP contribution in [0.2, 0.25) is 40.2 Å². The van der Waals surface area contributed by atoms with Crippen LogP contribution < -0.4 is 10.6 Å². The minimum absolute atomic E-state index is 0.00880. The van der Waals surface area contributed by atoms with E-state index in [0.717, 1.165) is 0 Å². The van der Waals surface area contributed by atoms with Crippen LogP contribution in [0.25, 0.3) is 0 Å². The van der Waals surface area contributed by atoms with Gasteiger partial charge >= 0.3 is 0 Å². The third-order valence-corrected chi connectivity index (χ3v) is 9.77. The van der Waals surface area contributed by atoms with Crippen molar-refractivity contribution in [1.82, 2.24) is 0 Å². The molecule has 0 aliphatic heterocycles. The van der Waals surface area contributed by atoms with E-state index in [2.05, 4.69) is 10.6 Å². The van der Waals surface area contributed by atoms with Crippen molar-refractivity contribution in [3.05, 3.63) is 122 Å². The number of fused-ring (bicyclic) bond motifs is 2. The van der Waals surface area contributed by atoms with Crippen molar-refractivity contribution < 1.29 is 19.2 Å². The number of anilines is 2. The highest BCUT2D eigenvalue weighted by molar-refractivity contribution is 6.54. The number of rotatable bonds is 4. The maximum atomic E-state index is 13.7. The molecule has 2 N–H and O–H groups in total. The van der Waals surface area contributed by atoms with Gasteiger partial charge in [-0.05, 0) is 24.3 Å². The van der Waals surface area contributed by atoms with Crippen molar-refractivity contribution in [3.63, 3.8) is 0 Å². The van der Waals surface area contributed by atoms with Crippen molar-refractivity contribution in [3.8, 4) is 0 Å². The Labute approximate surface area is 277 Å². The van der Waals surface area contributed by atoms with Crippen LogP contribution in [0.4, 0.5) is 11.4 Å². The van der Waals surface area contributed by atoms with E-state index < -0.39 is 23.4 Å². The first-order valence-corrected chi connectivity index (χ1v) is 14.5. The molecule has 0 atom stereocenters. The van der Waals surface area contributed by atoms with Gasteiger partial charge < -0.3 is 10.6 Å². The molecule has 0 unspecified atom stereocenters. The molecule has 4 aromatic rings. The Morgan fingerprint density at radius 1 is 0.500 bits per heavy atom. The van der Waals surface area contributed by atoms with Crippen molar-refractivity contribution in [2.75, 3.05) is 10.6 Å². The molecular formula is C28H10Cl8N2O4. The number of halogens is 8. The summed E-state index contributed by atoms with van der Waals surface area (Å²) >= 11 is 48.7. The summed E-state index contributed by atoms with van der Waals surface area (Å²) < 4.78 is 0. The molecule has 0 bridgehead atoms. The Morgan fingerprint density at radius 2 is 0.857 bits per heavy atom. The molecule has 0 heterocycles. The predicted molar refractivity (Wildman–Crippen MR) is 169 cm³/mol. The zero-order valence-corrected chi connectivity index (χ0v) is 26.3. The van der Waals surface area contributed by atoms with Crippen molar-refractivity contribution in [2.45, 2.75) is 0 Å². The summed E-state index contributed by atoms with van der Waals surface area (Å²) in [5.41, 5.74) is -0.286. The van der Waals surface area contributed by atoms with E-state index in [1.807, 2.05) is 0 Å². The lowest BCUT2D eigenvalue weighted by atomic mass is 9.82. The summed E-state index contributed by atoms with van der Waals surface area (Å²) in [5, 5.41) is 4.58. The molecule has 0 spiro atoms.